The van der Waals surface area contributed by atoms with Crippen LogP contribution in [0.25, 0.3) is 6.08 Å². The van der Waals surface area contributed by atoms with Gasteiger partial charge in [-0.15, -0.1) is 0 Å². The smallest absolute Gasteiger partial charge is 0.165 e. The summed E-state index contributed by atoms with van der Waals surface area (Å²) < 4.78 is 13.6. The molecule has 3 heteroatoms. The maximum absolute atomic E-state index is 13.6. The molecule has 0 saturated heterocycles. The van der Waals surface area contributed by atoms with Crippen molar-refractivity contribution >= 4 is 11.9 Å². The first-order chi connectivity index (χ1) is 13.8. The van der Waals surface area contributed by atoms with Gasteiger partial charge < -0.3 is 5.11 Å². The van der Waals surface area contributed by atoms with Crippen LogP contribution in [-0.2, 0) is 4.79 Å². The molecule has 1 N–H and O–H groups in total. The Labute approximate surface area is 172 Å². The zero-order valence-electron chi connectivity index (χ0n) is 17.5. The van der Waals surface area contributed by atoms with Crippen LogP contribution in [0.5, 0.6) is 0 Å². The minimum atomic E-state index is -0.282. The van der Waals surface area contributed by atoms with Crippen molar-refractivity contribution in [2.45, 2.75) is 64.9 Å². The van der Waals surface area contributed by atoms with E-state index in [2.05, 4.69) is 19.9 Å². The third-order valence-electron chi connectivity index (χ3n) is 8.91. The van der Waals surface area contributed by atoms with Crippen molar-refractivity contribution in [2.24, 2.45) is 28.6 Å². The second kappa shape index (κ2) is 6.63. The molecule has 0 unspecified atom stereocenters. The Kier molecular flexibility index (Phi) is 4.40. The van der Waals surface area contributed by atoms with Crippen LogP contribution in [0, 0.1) is 34.4 Å². The molecular weight excluding hydrogens is 363 g/mol. The van der Waals surface area contributed by atoms with Gasteiger partial charge in [-0.3, -0.25) is 4.79 Å². The van der Waals surface area contributed by atoms with E-state index in [4.69, 9.17) is 0 Å². The van der Waals surface area contributed by atoms with Gasteiger partial charge in [-0.05, 0) is 97.5 Å². The van der Waals surface area contributed by atoms with Gasteiger partial charge in [-0.25, -0.2) is 4.39 Å². The number of ketones is 1. The van der Waals surface area contributed by atoms with Gasteiger partial charge in [0.2, 0.25) is 0 Å². The molecule has 3 saturated carbocycles. The molecule has 154 valence electrons. The summed E-state index contributed by atoms with van der Waals surface area (Å²) in [5, 5.41) is 10.2. The van der Waals surface area contributed by atoms with Gasteiger partial charge in [0.15, 0.2) is 5.78 Å². The fourth-order valence-electron chi connectivity index (χ4n) is 7.24. The first-order valence-corrected chi connectivity index (χ1v) is 11.2. The maximum Gasteiger partial charge on any atom is 0.165 e. The average Bonchev–Trinajstić information content (AvgIpc) is 2.93. The molecule has 0 spiro atoms. The van der Waals surface area contributed by atoms with E-state index < -0.39 is 0 Å². The summed E-state index contributed by atoms with van der Waals surface area (Å²) >= 11 is 0. The number of fused-ring (bicyclic) bond motifs is 5. The molecule has 1 aromatic rings. The summed E-state index contributed by atoms with van der Waals surface area (Å²) in [5.74, 6) is 1.53. The Morgan fingerprint density at radius 3 is 2.69 bits per heavy atom. The highest BCUT2D eigenvalue weighted by molar-refractivity contribution is 6.05. The summed E-state index contributed by atoms with van der Waals surface area (Å²) in [6.45, 7) is 4.58. The van der Waals surface area contributed by atoms with Gasteiger partial charge in [-0.1, -0.05) is 37.6 Å². The first kappa shape index (κ1) is 19.2. The average molecular weight is 395 g/mol. The normalized spacial score (nSPS) is 42.8. The minimum absolute atomic E-state index is 0.182. The maximum atomic E-state index is 13.6. The highest BCUT2D eigenvalue weighted by Crippen LogP contribution is 2.64. The molecule has 5 rings (SSSR count). The summed E-state index contributed by atoms with van der Waals surface area (Å²) in [6, 6.07) is 6.54. The Morgan fingerprint density at radius 1 is 1.10 bits per heavy atom. The van der Waals surface area contributed by atoms with Crippen molar-refractivity contribution in [1.82, 2.24) is 0 Å². The van der Waals surface area contributed by atoms with Crippen LogP contribution in [0.1, 0.15) is 64.4 Å². The number of carbonyl (C=O) groups is 1. The van der Waals surface area contributed by atoms with E-state index in [1.54, 1.807) is 6.07 Å². The topological polar surface area (TPSA) is 37.3 Å². The predicted octanol–water partition coefficient (Wildman–Crippen LogP) is 5.71. The number of hydrogen-bond donors (Lipinski definition) is 1. The van der Waals surface area contributed by atoms with Crippen molar-refractivity contribution in [3.05, 3.63) is 52.9 Å². The summed E-state index contributed by atoms with van der Waals surface area (Å²) in [4.78, 5) is 13.4. The molecule has 0 amide bonds. The number of rotatable bonds is 1. The van der Waals surface area contributed by atoms with Gasteiger partial charge in [-0.2, -0.15) is 0 Å². The van der Waals surface area contributed by atoms with Crippen LogP contribution in [-0.4, -0.2) is 17.0 Å². The fourth-order valence-corrected chi connectivity index (χ4v) is 7.24. The van der Waals surface area contributed by atoms with Crippen LogP contribution >= 0.6 is 0 Å². The molecule has 0 bridgehead atoms. The highest BCUT2D eigenvalue weighted by atomic mass is 19.1. The van der Waals surface area contributed by atoms with E-state index in [-0.39, 0.29) is 28.5 Å². The fraction of sp³-hybridized carbons (Fsp3) is 0.577. The SMILES string of the molecule is C[C@]12CC[C@H](O)CC1=CC[C@H]1[C@H]2CC[C@]2(C)C(=O)/C(=C/c3cccc(F)c3)C[C@H]12. The zero-order chi connectivity index (χ0) is 20.4. The molecule has 0 aliphatic heterocycles. The van der Waals surface area contributed by atoms with Gasteiger partial charge in [0, 0.05) is 5.41 Å². The lowest BCUT2D eigenvalue weighted by molar-refractivity contribution is -0.130. The van der Waals surface area contributed by atoms with Gasteiger partial charge in [0.1, 0.15) is 5.82 Å². The monoisotopic (exact) mass is 394 g/mol. The van der Waals surface area contributed by atoms with E-state index in [1.165, 1.54) is 17.7 Å². The quantitative estimate of drug-likeness (QED) is 0.489. The Balaban J connectivity index is 1.48. The molecule has 0 heterocycles. The van der Waals surface area contributed by atoms with E-state index in [0.717, 1.165) is 56.1 Å². The van der Waals surface area contributed by atoms with Crippen molar-refractivity contribution in [3.8, 4) is 0 Å². The van der Waals surface area contributed by atoms with Crippen molar-refractivity contribution in [1.29, 1.82) is 0 Å². The number of benzene rings is 1. The van der Waals surface area contributed by atoms with E-state index in [9.17, 15) is 14.3 Å². The Bertz CT molecular complexity index is 915. The second-order valence-electron chi connectivity index (χ2n) is 10.4. The number of Topliss-reactive ketones (excluding diaryl/α,β-unsaturated/α-hetero) is 1. The van der Waals surface area contributed by atoms with Crippen molar-refractivity contribution in [3.63, 3.8) is 0 Å². The summed E-state index contributed by atoms with van der Waals surface area (Å²) in [7, 11) is 0. The van der Waals surface area contributed by atoms with E-state index in [1.807, 2.05) is 12.1 Å². The lowest BCUT2D eigenvalue weighted by Gasteiger charge is -2.56. The first-order valence-electron chi connectivity index (χ1n) is 11.2. The summed E-state index contributed by atoms with van der Waals surface area (Å²) in [6.07, 6.45) is 10.8. The van der Waals surface area contributed by atoms with Gasteiger partial charge in [0.05, 0.1) is 6.10 Å². The molecule has 1 aromatic carbocycles. The largest absolute Gasteiger partial charge is 0.393 e. The molecule has 2 nitrogen and oxygen atoms in total. The number of aliphatic hydroxyl groups excluding tert-OH is 1. The third-order valence-corrected chi connectivity index (χ3v) is 8.91. The lowest BCUT2D eigenvalue weighted by Crippen LogP contribution is -2.50. The molecule has 6 atom stereocenters. The van der Waals surface area contributed by atoms with Crippen molar-refractivity contribution < 1.29 is 14.3 Å². The van der Waals surface area contributed by atoms with Crippen LogP contribution in [0.15, 0.2) is 41.5 Å². The Hall–Kier alpha value is -1.74. The molecule has 0 radical (unpaired) electrons. The van der Waals surface area contributed by atoms with Crippen LogP contribution < -0.4 is 0 Å². The van der Waals surface area contributed by atoms with E-state index in [0.29, 0.717) is 17.8 Å². The summed E-state index contributed by atoms with van der Waals surface area (Å²) in [5.41, 5.74) is 3.02. The molecule has 4 aliphatic rings. The molecular formula is C26H31FO2. The predicted molar refractivity (Wildman–Crippen MR) is 112 cm³/mol. The number of allylic oxidation sites excluding steroid dienone is 2. The number of halogens is 1. The Morgan fingerprint density at radius 2 is 1.90 bits per heavy atom. The van der Waals surface area contributed by atoms with Crippen LogP contribution in [0.4, 0.5) is 4.39 Å². The second-order valence-corrected chi connectivity index (χ2v) is 10.4. The number of hydrogen-bond acceptors (Lipinski definition) is 2. The lowest BCUT2D eigenvalue weighted by atomic mass is 9.48. The van der Waals surface area contributed by atoms with Crippen LogP contribution in [0.3, 0.4) is 0 Å². The standard InChI is InChI=1S/C26H31FO2/c1-25-10-8-20(28)15-18(25)6-7-21-22(25)9-11-26(2)23(21)14-17(24(26)29)12-16-4-3-5-19(27)13-16/h3-6,12-13,20-23,28H,7-11,14-15H2,1-2H3/b17-12+/t20-,21-,22+,23+,25-,26-/m0/s1. The molecule has 4 aliphatic carbocycles. The number of aliphatic hydroxyl groups is 1. The number of carbonyl (C=O) groups excluding carboxylic acids is 1. The molecule has 29 heavy (non-hydrogen) atoms. The van der Waals surface area contributed by atoms with Gasteiger partial charge in [0.25, 0.3) is 0 Å². The third kappa shape index (κ3) is 2.88. The van der Waals surface area contributed by atoms with Crippen molar-refractivity contribution in [2.75, 3.05) is 0 Å². The highest BCUT2D eigenvalue weighted by Gasteiger charge is 2.59. The van der Waals surface area contributed by atoms with E-state index >= 15 is 0 Å². The molecule has 0 aromatic heterocycles. The zero-order valence-corrected chi connectivity index (χ0v) is 17.5. The van der Waals surface area contributed by atoms with Crippen LogP contribution in [0.2, 0.25) is 0 Å². The molecule has 3 fully saturated rings. The minimum Gasteiger partial charge on any atom is -0.393 e. The van der Waals surface area contributed by atoms with Gasteiger partial charge >= 0.3 is 0 Å².